The third kappa shape index (κ3) is 2.62. The van der Waals surface area contributed by atoms with E-state index in [-0.39, 0.29) is 18.4 Å². The van der Waals surface area contributed by atoms with E-state index in [0.717, 1.165) is 11.1 Å². The molecule has 10 nitrogen and oxygen atoms in total. The molecule has 124 valence electrons. The van der Waals surface area contributed by atoms with Crippen LogP contribution in [-0.4, -0.2) is 62.2 Å². The van der Waals surface area contributed by atoms with Gasteiger partial charge in [0, 0.05) is 26.2 Å². The standard InChI is InChI=1S/C14H16N8O2/c15-13-17-18-19-22(13)9-12(23)20-5-7-21(8-6-20)14-16-10-3-1-2-4-11(10)24-14/h1-4H,5-9H2,(H2,15,17,19). The molecular weight excluding hydrogens is 312 g/mol. The number of carbonyl (C=O) groups excluding carboxylic acids is 1. The molecule has 1 aromatic carbocycles. The van der Waals surface area contributed by atoms with E-state index in [9.17, 15) is 4.79 Å². The van der Waals surface area contributed by atoms with Crippen LogP contribution in [0.5, 0.6) is 0 Å². The molecule has 3 heterocycles. The van der Waals surface area contributed by atoms with E-state index in [1.54, 1.807) is 4.90 Å². The van der Waals surface area contributed by atoms with Crippen LogP contribution in [0.3, 0.4) is 0 Å². The number of hydrogen-bond acceptors (Lipinski definition) is 8. The van der Waals surface area contributed by atoms with Crippen LogP contribution >= 0.6 is 0 Å². The molecule has 1 aliphatic heterocycles. The molecule has 4 rings (SSSR count). The number of fused-ring (bicyclic) bond motifs is 1. The predicted molar refractivity (Wildman–Crippen MR) is 85.0 cm³/mol. The monoisotopic (exact) mass is 328 g/mol. The smallest absolute Gasteiger partial charge is 0.298 e. The highest BCUT2D eigenvalue weighted by molar-refractivity contribution is 5.77. The first-order valence-corrected chi connectivity index (χ1v) is 7.60. The van der Waals surface area contributed by atoms with Crippen molar-refractivity contribution in [2.45, 2.75) is 6.54 Å². The zero-order valence-electron chi connectivity index (χ0n) is 12.9. The molecule has 0 spiro atoms. The molecule has 1 amide bonds. The Bertz CT molecular complexity index is 831. The van der Waals surface area contributed by atoms with Gasteiger partial charge in [-0.1, -0.05) is 17.2 Å². The molecule has 0 radical (unpaired) electrons. The second-order valence-corrected chi connectivity index (χ2v) is 5.53. The van der Waals surface area contributed by atoms with Gasteiger partial charge in [0.15, 0.2) is 5.58 Å². The summed E-state index contributed by atoms with van der Waals surface area (Å²) >= 11 is 0. The molecule has 24 heavy (non-hydrogen) atoms. The van der Waals surface area contributed by atoms with E-state index in [2.05, 4.69) is 20.5 Å². The Balaban J connectivity index is 1.39. The van der Waals surface area contributed by atoms with Crippen molar-refractivity contribution in [2.75, 3.05) is 36.8 Å². The summed E-state index contributed by atoms with van der Waals surface area (Å²) < 4.78 is 7.06. The average molecular weight is 328 g/mol. The molecule has 2 N–H and O–H groups in total. The van der Waals surface area contributed by atoms with Crippen LogP contribution in [0.15, 0.2) is 28.7 Å². The number of amides is 1. The number of piperazine rings is 1. The fraction of sp³-hybridized carbons (Fsp3) is 0.357. The summed E-state index contributed by atoms with van der Waals surface area (Å²) in [4.78, 5) is 20.6. The third-order valence-electron chi connectivity index (χ3n) is 4.03. The van der Waals surface area contributed by atoms with Gasteiger partial charge in [0.05, 0.1) is 0 Å². The number of nitrogens with two attached hydrogens (primary N) is 1. The number of nitrogens with zero attached hydrogens (tertiary/aromatic N) is 7. The minimum absolute atomic E-state index is 0.0434. The van der Waals surface area contributed by atoms with Gasteiger partial charge in [-0.2, -0.15) is 4.98 Å². The number of anilines is 2. The molecule has 0 unspecified atom stereocenters. The van der Waals surface area contributed by atoms with Crippen LogP contribution in [0.25, 0.3) is 11.1 Å². The number of para-hydroxylation sites is 2. The number of nitrogen functional groups attached to an aromatic ring is 1. The lowest BCUT2D eigenvalue weighted by Crippen LogP contribution is -2.49. The van der Waals surface area contributed by atoms with E-state index >= 15 is 0 Å². The van der Waals surface area contributed by atoms with Crippen molar-refractivity contribution >= 4 is 29.0 Å². The Kier molecular flexibility index (Phi) is 3.48. The van der Waals surface area contributed by atoms with Crippen molar-refractivity contribution in [1.29, 1.82) is 0 Å². The maximum Gasteiger partial charge on any atom is 0.298 e. The van der Waals surface area contributed by atoms with E-state index in [1.165, 1.54) is 4.68 Å². The first-order chi connectivity index (χ1) is 11.7. The highest BCUT2D eigenvalue weighted by Crippen LogP contribution is 2.22. The van der Waals surface area contributed by atoms with E-state index in [1.807, 2.05) is 29.2 Å². The second kappa shape index (κ2) is 5.80. The molecule has 0 aliphatic carbocycles. The maximum atomic E-state index is 12.3. The van der Waals surface area contributed by atoms with E-state index in [0.29, 0.717) is 32.2 Å². The van der Waals surface area contributed by atoms with Gasteiger partial charge in [0.25, 0.3) is 6.01 Å². The van der Waals surface area contributed by atoms with Crippen LogP contribution in [0, 0.1) is 0 Å². The highest BCUT2D eigenvalue weighted by atomic mass is 16.4. The molecule has 0 bridgehead atoms. The number of tetrazole rings is 1. The quantitative estimate of drug-likeness (QED) is 0.699. The summed E-state index contributed by atoms with van der Waals surface area (Å²) in [5, 5.41) is 10.7. The highest BCUT2D eigenvalue weighted by Gasteiger charge is 2.24. The molecule has 10 heteroatoms. The van der Waals surface area contributed by atoms with Gasteiger partial charge in [-0.15, -0.1) is 0 Å². The molecule has 3 aromatic rings. The van der Waals surface area contributed by atoms with Crippen LogP contribution in [0.1, 0.15) is 0 Å². The van der Waals surface area contributed by atoms with Gasteiger partial charge >= 0.3 is 0 Å². The zero-order chi connectivity index (χ0) is 16.5. The van der Waals surface area contributed by atoms with Crippen LogP contribution < -0.4 is 10.6 Å². The molecule has 1 aliphatic rings. The fourth-order valence-electron chi connectivity index (χ4n) is 2.69. The zero-order valence-corrected chi connectivity index (χ0v) is 12.9. The van der Waals surface area contributed by atoms with E-state index in [4.69, 9.17) is 10.2 Å². The van der Waals surface area contributed by atoms with Crippen LogP contribution in [-0.2, 0) is 11.3 Å². The van der Waals surface area contributed by atoms with Crippen LogP contribution in [0.2, 0.25) is 0 Å². The SMILES string of the molecule is Nc1nnnn1CC(=O)N1CCN(c2nc3ccccc3o2)CC1. The second-order valence-electron chi connectivity index (χ2n) is 5.53. The summed E-state index contributed by atoms with van der Waals surface area (Å²) in [6.45, 7) is 2.52. The topological polar surface area (TPSA) is 119 Å². The Labute approximate surface area is 136 Å². The summed E-state index contributed by atoms with van der Waals surface area (Å²) in [6, 6.07) is 8.24. The molecule has 0 saturated carbocycles. The Morgan fingerprint density at radius 1 is 1.21 bits per heavy atom. The molecule has 1 saturated heterocycles. The van der Waals surface area contributed by atoms with Gasteiger partial charge in [0.1, 0.15) is 12.1 Å². The normalized spacial score (nSPS) is 15.2. The maximum absolute atomic E-state index is 12.3. The lowest BCUT2D eigenvalue weighted by Gasteiger charge is -2.33. The number of benzene rings is 1. The summed E-state index contributed by atoms with van der Waals surface area (Å²) in [6.07, 6.45) is 0. The van der Waals surface area contributed by atoms with Crippen molar-refractivity contribution in [3.05, 3.63) is 24.3 Å². The number of rotatable bonds is 3. The number of aromatic nitrogens is 5. The first-order valence-electron chi connectivity index (χ1n) is 7.60. The van der Waals surface area contributed by atoms with Crippen LogP contribution in [0.4, 0.5) is 12.0 Å². The Morgan fingerprint density at radius 3 is 2.71 bits per heavy atom. The summed E-state index contributed by atoms with van der Waals surface area (Å²) in [5.74, 6) is 0.0691. The lowest BCUT2D eigenvalue weighted by molar-refractivity contribution is -0.132. The molecule has 1 fully saturated rings. The van der Waals surface area contributed by atoms with Crippen molar-refractivity contribution < 1.29 is 9.21 Å². The fourth-order valence-corrected chi connectivity index (χ4v) is 2.69. The van der Waals surface area contributed by atoms with Crippen molar-refractivity contribution in [1.82, 2.24) is 30.1 Å². The largest absolute Gasteiger partial charge is 0.423 e. The van der Waals surface area contributed by atoms with Gasteiger partial charge in [-0.25, -0.2) is 4.68 Å². The minimum Gasteiger partial charge on any atom is -0.423 e. The Morgan fingerprint density at radius 2 is 2.00 bits per heavy atom. The number of hydrogen-bond donors (Lipinski definition) is 1. The van der Waals surface area contributed by atoms with Gasteiger partial charge < -0.3 is 20.0 Å². The van der Waals surface area contributed by atoms with Crippen molar-refractivity contribution in [3.63, 3.8) is 0 Å². The molecule has 2 aromatic heterocycles. The van der Waals surface area contributed by atoms with Gasteiger partial charge in [-0.05, 0) is 22.6 Å². The van der Waals surface area contributed by atoms with E-state index < -0.39 is 0 Å². The third-order valence-corrected chi connectivity index (χ3v) is 4.03. The minimum atomic E-state index is -0.0637. The van der Waals surface area contributed by atoms with Crippen molar-refractivity contribution in [2.24, 2.45) is 0 Å². The summed E-state index contributed by atoms with van der Waals surface area (Å²) in [7, 11) is 0. The predicted octanol–water partition coefficient (Wildman–Crippen LogP) is -0.255. The molecule has 0 atom stereocenters. The van der Waals surface area contributed by atoms with Gasteiger partial charge in [0.2, 0.25) is 11.9 Å². The summed E-state index contributed by atoms with van der Waals surface area (Å²) in [5.41, 5.74) is 7.18. The molecular formula is C14H16N8O2. The number of oxazole rings is 1. The van der Waals surface area contributed by atoms with Crippen molar-refractivity contribution in [3.8, 4) is 0 Å². The number of carbonyl (C=O) groups is 1. The lowest BCUT2D eigenvalue weighted by atomic mass is 10.3. The average Bonchev–Trinajstić information content (AvgIpc) is 3.21. The first kappa shape index (κ1) is 14.4. The Hall–Kier alpha value is -3.17. The van der Waals surface area contributed by atoms with Gasteiger partial charge in [-0.3, -0.25) is 4.79 Å².